The molecule has 200 valence electrons. The van der Waals surface area contributed by atoms with Crippen molar-refractivity contribution in [2.24, 2.45) is 16.6 Å². The quantitative estimate of drug-likeness (QED) is 0.322. The van der Waals surface area contributed by atoms with Crippen LogP contribution in [-0.2, 0) is 11.0 Å². The topological polar surface area (TPSA) is 119 Å². The van der Waals surface area contributed by atoms with E-state index in [0.717, 1.165) is 12.0 Å². The van der Waals surface area contributed by atoms with Crippen LogP contribution in [0.15, 0.2) is 41.3 Å². The predicted molar refractivity (Wildman–Crippen MR) is 126 cm³/mol. The van der Waals surface area contributed by atoms with Crippen molar-refractivity contribution in [2.75, 3.05) is 32.6 Å². The van der Waals surface area contributed by atoms with E-state index >= 15 is 0 Å². The average molecular weight is 527 g/mol. The van der Waals surface area contributed by atoms with Gasteiger partial charge in [-0.2, -0.15) is 18.2 Å². The molecule has 14 heteroatoms. The summed E-state index contributed by atoms with van der Waals surface area (Å²) < 4.78 is 73.1. The van der Waals surface area contributed by atoms with Crippen LogP contribution in [0.2, 0.25) is 0 Å². The molecule has 0 aromatic carbocycles. The molecule has 9 nitrogen and oxygen atoms in total. The highest BCUT2D eigenvalue weighted by Crippen LogP contribution is 2.36. The van der Waals surface area contributed by atoms with Gasteiger partial charge in [0, 0.05) is 44.2 Å². The number of amides is 1. The number of nitrogens with zero attached hydrogens (tertiary/aromatic N) is 5. The number of rotatable bonds is 7. The zero-order chi connectivity index (χ0) is 27.4. The molecule has 3 heterocycles. The van der Waals surface area contributed by atoms with Gasteiger partial charge in [-0.1, -0.05) is 13.0 Å². The fraction of sp³-hybridized carbons (Fsp3) is 0.435. The molecule has 1 fully saturated rings. The number of carbonyl (C=O) groups excluding carboxylic acids is 1. The summed E-state index contributed by atoms with van der Waals surface area (Å²) in [6.45, 7) is 0.506. The maximum Gasteiger partial charge on any atom is 0.423 e. The third-order valence-corrected chi connectivity index (χ3v) is 5.78. The first-order valence-corrected chi connectivity index (χ1v) is 11.1. The van der Waals surface area contributed by atoms with Gasteiger partial charge in [-0.3, -0.25) is 14.8 Å². The summed E-state index contributed by atoms with van der Waals surface area (Å²) in [6, 6.07) is 4.12. The highest BCUT2D eigenvalue weighted by Gasteiger charge is 2.46. The SMILES string of the molecule is CN=CC(=C(N)C(=O)N1CC(F)(F)CC(C)C1CNc1ncc(C(F)(F)F)c(OC)n1)c1ccccn1. The molecule has 1 amide bonds. The molecule has 2 unspecified atom stereocenters. The number of allylic oxidation sites excluding steroid dienone is 1. The van der Waals surface area contributed by atoms with Crippen LogP contribution in [0.5, 0.6) is 5.88 Å². The Morgan fingerprint density at radius 2 is 2.08 bits per heavy atom. The minimum Gasteiger partial charge on any atom is -0.480 e. The van der Waals surface area contributed by atoms with E-state index in [1.165, 1.54) is 19.5 Å². The van der Waals surface area contributed by atoms with Crippen LogP contribution in [0.1, 0.15) is 24.6 Å². The van der Waals surface area contributed by atoms with Crippen LogP contribution in [0, 0.1) is 5.92 Å². The van der Waals surface area contributed by atoms with E-state index < -0.39 is 54.4 Å². The van der Waals surface area contributed by atoms with E-state index in [1.807, 2.05) is 0 Å². The molecule has 2 aromatic heterocycles. The number of hydrogen-bond donors (Lipinski definition) is 2. The maximum absolute atomic E-state index is 14.5. The van der Waals surface area contributed by atoms with Crippen molar-refractivity contribution in [3.8, 4) is 5.88 Å². The second-order valence-corrected chi connectivity index (χ2v) is 8.46. The van der Waals surface area contributed by atoms with Gasteiger partial charge in [-0.15, -0.1) is 0 Å². The Morgan fingerprint density at radius 3 is 2.68 bits per heavy atom. The number of aliphatic imine (C=N–C) groups is 1. The van der Waals surface area contributed by atoms with E-state index in [-0.39, 0.29) is 23.8 Å². The number of pyridine rings is 1. The number of methoxy groups -OCH3 is 1. The number of likely N-dealkylation sites (tertiary alicyclic amines) is 1. The highest BCUT2D eigenvalue weighted by atomic mass is 19.4. The minimum absolute atomic E-state index is 0.133. The van der Waals surface area contributed by atoms with Gasteiger partial charge in [0.1, 0.15) is 11.3 Å². The Hall–Kier alpha value is -3.84. The van der Waals surface area contributed by atoms with Gasteiger partial charge in [-0.25, -0.2) is 13.8 Å². The summed E-state index contributed by atoms with van der Waals surface area (Å²) in [5, 5.41) is 2.73. The number of piperidine rings is 1. The van der Waals surface area contributed by atoms with Crippen LogP contribution < -0.4 is 15.8 Å². The van der Waals surface area contributed by atoms with Gasteiger partial charge < -0.3 is 20.7 Å². The van der Waals surface area contributed by atoms with Gasteiger partial charge in [0.2, 0.25) is 11.8 Å². The van der Waals surface area contributed by atoms with Gasteiger partial charge in [0.05, 0.1) is 25.4 Å². The van der Waals surface area contributed by atoms with Gasteiger partial charge in [0.15, 0.2) is 0 Å². The molecule has 0 spiro atoms. The van der Waals surface area contributed by atoms with E-state index in [0.29, 0.717) is 11.9 Å². The number of carbonyl (C=O) groups is 1. The molecule has 0 radical (unpaired) electrons. The summed E-state index contributed by atoms with van der Waals surface area (Å²) in [4.78, 5) is 29.8. The van der Waals surface area contributed by atoms with Crippen LogP contribution >= 0.6 is 0 Å². The molecule has 37 heavy (non-hydrogen) atoms. The van der Waals surface area contributed by atoms with Crippen molar-refractivity contribution in [1.29, 1.82) is 0 Å². The lowest BCUT2D eigenvalue weighted by atomic mass is 9.88. The van der Waals surface area contributed by atoms with Gasteiger partial charge >= 0.3 is 6.18 Å². The van der Waals surface area contributed by atoms with Gasteiger partial charge in [0.25, 0.3) is 11.8 Å². The van der Waals surface area contributed by atoms with E-state index in [2.05, 4.69) is 25.3 Å². The fourth-order valence-corrected chi connectivity index (χ4v) is 4.07. The van der Waals surface area contributed by atoms with Crippen LogP contribution in [0.25, 0.3) is 5.57 Å². The number of hydrogen-bond acceptors (Lipinski definition) is 8. The number of alkyl halides is 5. The Bertz CT molecular complexity index is 1170. The monoisotopic (exact) mass is 527 g/mol. The minimum atomic E-state index is -4.73. The average Bonchev–Trinajstić information content (AvgIpc) is 2.84. The first kappa shape index (κ1) is 27.7. The molecule has 1 saturated heterocycles. The summed E-state index contributed by atoms with van der Waals surface area (Å²) in [5.41, 5.74) is 5.15. The molecule has 0 aliphatic carbocycles. The normalized spacial score (nSPS) is 20.5. The van der Waals surface area contributed by atoms with Crippen LogP contribution in [0.3, 0.4) is 0 Å². The smallest absolute Gasteiger partial charge is 0.423 e. The maximum atomic E-state index is 14.5. The third-order valence-electron chi connectivity index (χ3n) is 5.78. The number of aromatic nitrogens is 3. The first-order valence-electron chi connectivity index (χ1n) is 11.1. The Labute approximate surface area is 209 Å². The first-order chi connectivity index (χ1) is 17.4. The summed E-state index contributed by atoms with van der Waals surface area (Å²) in [6.07, 6.45) is -1.88. The summed E-state index contributed by atoms with van der Waals surface area (Å²) in [7, 11) is 2.49. The number of nitrogens with one attached hydrogen (secondary N) is 1. The lowest BCUT2D eigenvalue weighted by molar-refractivity contribution is -0.148. The lowest BCUT2D eigenvalue weighted by Gasteiger charge is -2.43. The van der Waals surface area contributed by atoms with Crippen molar-refractivity contribution < 1.29 is 31.5 Å². The molecular weight excluding hydrogens is 501 g/mol. The number of ether oxygens (including phenoxy) is 1. The standard InChI is InChI=1S/C23H26F5N7O2/c1-13-8-22(24,25)12-35(20(36)18(29)14(9-30-2)16-6-4-5-7-31-16)17(13)11-33-21-32-10-15(23(26,27)28)19(34-21)37-3/h4-7,9-10,13,17H,8,11-12,29H2,1-3H3,(H,32,33,34). The number of nitrogens with two attached hydrogens (primary N) is 1. The van der Waals surface area contributed by atoms with E-state index in [4.69, 9.17) is 10.5 Å². The van der Waals surface area contributed by atoms with Crippen molar-refractivity contribution in [2.45, 2.75) is 31.5 Å². The lowest BCUT2D eigenvalue weighted by Crippen LogP contribution is -2.58. The zero-order valence-electron chi connectivity index (χ0n) is 20.3. The van der Waals surface area contributed by atoms with Crippen molar-refractivity contribution >= 4 is 23.6 Å². The molecule has 1 aliphatic heterocycles. The Balaban J connectivity index is 1.92. The zero-order valence-corrected chi connectivity index (χ0v) is 20.3. The molecule has 2 aromatic rings. The second kappa shape index (κ2) is 11.0. The van der Waals surface area contributed by atoms with Crippen LogP contribution in [0.4, 0.5) is 27.9 Å². The van der Waals surface area contributed by atoms with Gasteiger partial charge in [-0.05, 0) is 18.1 Å². The van der Waals surface area contributed by atoms with Crippen molar-refractivity contribution in [1.82, 2.24) is 19.9 Å². The molecule has 3 N–H and O–H groups in total. The molecular formula is C23H26F5N7O2. The highest BCUT2D eigenvalue weighted by molar-refractivity contribution is 6.17. The molecule has 0 bridgehead atoms. The summed E-state index contributed by atoms with van der Waals surface area (Å²) >= 11 is 0. The van der Waals surface area contributed by atoms with Crippen molar-refractivity contribution in [3.63, 3.8) is 0 Å². The second-order valence-electron chi connectivity index (χ2n) is 8.46. The third kappa shape index (κ3) is 6.49. The fourth-order valence-electron chi connectivity index (χ4n) is 4.07. The summed E-state index contributed by atoms with van der Waals surface area (Å²) in [5.74, 6) is -5.67. The largest absolute Gasteiger partial charge is 0.480 e. The molecule has 2 atom stereocenters. The molecule has 0 saturated carbocycles. The van der Waals surface area contributed by atoms with Crippen molar-refractivity contribution in [3.05, 3.63) is 47.5 Å². The van der Waals surface area contributed by atoms with Crippen LogP contribution in [-0.4, -0.2) is 71.2 Å². The predicted octanol–water partition coefficient (Wildman–Crippen LogP) is 3.25. The Morgan fingerprint density at radius 1 is 1.35 bits per heavy atom. The van der Waals surface area contributed by atoms with E-state index in [9.17, 15) is 26.7 Å². The molecule has 1 aliphatic rings. The van der Waals surface area contributed by atoms with E-state index in [1.54, 1.807) is 25.1 Å². The number of halogens is 5. The Kier molecular flexibility index (Phi) is 8.28. The molecule has 3 rings (SSSR count). The number of anilines is 1.